The molecule has 30 heavy (non-hydrogen) atoms. The lowest BCUT2D eigenvalue weighted by Gasteiger charge is -2.33. The standard InChI is InChI=1S/C23H30N2O4S/c1-17-11-13-25(14-12-17)23(26)20(16-19-7-5-4-6-8-19)24-30(27,28)22-15-18(2)9-10-21(22)29-3/h4-10,15,17,20,24H,11-14,16H2,1-3H3. The van der Waals surface area contributed by atoms with Crippen molar-refractivity contribution in [3.63, 3.8) is 0 Å². The van der Waals surface area contributed by atoms with Crippen LogP contribution in [0.4, 0.5) is 0 Å². The number of hydrogen-bond acceptors (Lipinski definition) is 4. The highest BCUT2D eigenvalue weighted by Gasteiger charge is 2.32. The second kappa shape index (κ2) is 9.62. The number of sulfonamides is 1. The lowest BCUT2D eigenvalue weighted by atomic mass is 9.98. The number of benzene rings is 2. The van der Waals surface area contributed by atoms with Crippen LogP contribution >= 0.6 is 0 Å². The third-order valence-electron chi connectivity index (χ3n) is 5.58. The Bertz CT molecular complexity index is 968. The molecule has 2 aromatic rings. The number of nitrogens with zero attached hydrogens (tertiary/aromatic N) is 1. The molecule has 0 aromatic heterocycles. The van der Waals surface area contributed by atoms with Gasteiger partial charge >= 0.3 is 0 Å². The van der Waals surface area contributed by atoms with E-state index in [2.05, 4.69) is 11.6 Å². The molecule has 2 aromatic carbocycles. The van der Waals surface area contributed by atoms with Gasteiger partial charge in [-0.1, -0.05) is 43.3 Å². The zero-order chi connectivity index (χ0) is 21.7. The maximum absolute atomic E-state index is 13.3. The molecule has 3 rings (SSSR count). The third-order valence-corrected chi connectivity index (χ3v) is 7.07. The smallest absolute Gasteiger partial charge is 0.244 e. The highest BCUT2D eigenvalue weighted by Crippen LogP contribution is 2.25. The van der Waals surface area contributed by atoms with Crippen LogP contribution in [0.15, 0.2) is 53.4 Å². The average Bonchev–Trinajstić information content (AvgIpc) is 2.74. The first kappa shape index (κ1) is 22.3. The molecule has 1 heterocycles. The van der Waals surface area contributed by atoms with Gasteiger partial charge in [0.25, 0.3) is 0 Å². The molecule has 6 nitrogen and oxygen atoms in total. The molecule has 1 N–H and O–H groups in total. The molecule has 162 valence electrons. The zero-order valence-electron chi connectivity index (χ0n) is 17.8. The maximum atomic E-state index is 13.3. The van der Waals surface area contributed by atoms with Crippen molar-refractivity contribution >= 4 is 15.9 Å². The number of likely N-dealkylation sites (tertiary alicyclic amines) is 1. The Kier molecular flexibility index (Phi) is 7.15. The molecule has 1 unspecified atom stereocenters. The van der Waals surface area contributed by atoms with Gasteiger partial charge in [0.15, 0.2) is 0 Å². The fraction of sp³-hybridized carbons (Fsp3) is 0.435. The SMILES string of the molecule is COc1ccc(C)cc1S(=O)(=O)NC(Cc1ccccc1)C(=O)N1CCC(C)CC1. The van der Waals surface area contributed by atoms with Crippen molar-refractivity contribution in [3.8, 4) is 5.75 Å². The fourth-order valence-corrected chi connectivity index (χ4v) is 5.17. The number of piperidine rings is 1. The summed E-state index contributed by atoms with van der Waals surface area (Å²) < 4.78 is 34.4. The van der Waals surface area contributed by atoms with E-state index in [9.17, 15) is 13.2 Å². The molecule has 1 aliphatic rings. The van der Waals surface area contributed by atoms with Crippen molar-refractivity contribution in [2.24, 2.45) is 5.92 Å². The lowest BCUT2D eigenvalue weighted by molar-refractivity contribution is -0.134. The largest absolute Gasteiger partial charge is 0.495 e. The van der Waals surface area contributed by atoms with Gasteiger partial charge < -0.3 is 9.64 Å². The van der Waals surface area contributed by atoms with Gasteiger partial charge in [0.2, 0.25) is 15.9 Å². The van der Waals surface area contributed by atoms with Crippen molar-refractivity contribution in [2.75, 3.05) is 20.2 Å². The van der Waals surface area contributed by atoms with E-state index in [0.717, 1.165) is 24.0 Å². The molecule has 1 aliphatic heterocycles. The first-order chi connectivity index (χ1) is 14.3. The summed E-state index contributed by atoms with van der Waals surface area (Å²) in [7, 11) is -2.53. The van der Waals surface area contributed by atoms with Crippen molar-refractivity contribution < 1.29 is 17.9 Å². The monoisotopic (exact) mass is 430 g/mol. The third kappa shape index (κ3) is 5.40. The normalized spacial score (nSPS) is 16.3. The van der Waals surface area contributed by atoms with Gasteiger partial charge in [-0.25, -0.2) is 8.42 Å². The molecular weight excluding hydrogens is 400 g/mol. The highest BCUT2D eigenvalue weighted by molar-refractivity contribution is 7.89. The Morgan fingerprint density at radius 2 is 1.83 bits per heavy atom. The molecule has 1 fully saturated rings. The van der Waals surface area contributed by atoms with Gasteiger partial charge in [-0.05, 0) is 55.4 Å². The molecular formula is C23H30N2O4S. The second-order valence-electron chi connectivity index (χ2n) is 8.03. The second-order valence-corrected chi connectivity index (χ2v) is 9.71. The van der Waals surface area contributed by atoms with Crippen molar-refractivity contribution in [2.45, 2.75) is 44.0 Å². The van der Waals surface area contributed by atoms with Gasteiger partial charge in [0.05, 0.1) is 7.11 Å². The topological polar surface area (TPSA) is 75.7 Å². The van der Waals surface area contributed by atoms with Crippen LogP contribution in [0, 0.1) is 12.8 Å². The van der Waals surface area contributed by atoms with Crippen molar-refractivity contribution in [3.05, 3.63) is 59.7 Å². The molecule has 0 saturated carbocycles. The van der Waals surface area contributed by atoms with Crippen LogP contribution in [-0.4, -0.2) is 45.5 Å². The predicted molar refractivity (Wildman–Crippen MR) is 117 cm³/mol. The number of carbonyl (C=O) groups excluding carboxylic acids is 1. The zero-order valence-corrected chi connectivity index (χ0v) is 18.6. The number of ether oxygens (including phenoxy) is 1. The number of aryl methyl sites for hydroxylation is 1. The minimum atomic E-state index is -3.96. The van der Waals surface area contributed by atoms with Crippen molar-refractivity contribution in [1.29, 1.82) is 0 Å². The fourth-order valence-electron chi connectivity index (χ4n) is 3.72. The van der Waals surface area contributed by atoms with E-state index < -0.39 is 16.1 Å². The van der Waals surface area contributed by atoms with E-state index in [0.29, 0.717) is 25.4 Å². The Morgan fingerprint density at radius 1 is 1.17 bits per heavy atom. The van der Waals surface area contributed by atoms with Gasteiger partial charge in [-0.3, -0.25) is 4.79 Å². The Balaban J connectivity index is 1.90. The molecule has 1 atom stereocenters. The molecule has 1 saturated heterocycles. The molecule has 1 amide bonds. The van der Waals surface area contributed by atoms with E-state index >= 15 is 0 Å². The Labute approximate surface area is 179 Å². The van der Waals surface area contributed by atoms with Crippen LogP contribution in [0.2, 0.25) is 0 Å². The molecule has 7 heteroatoms. The summed E-state index contributed by atoms with van der Waals surface area (Å²) >= 11 is 0. The van der Waals surface area contributed by atoms with Crippen LogP contribution in [0.25, 0.3) is 0 Å². The van der Waals surface area contributed by atoms with Gasteiger partial charge in [0, 0.05) is 13.1 Å². The van der Waals surface area contributed by atoms with E-state index in [-0.39, 0.29) is 16.6 Å². The molecule has 0 radical (unpaired) electrons. The van der Waals surface area contributed by atoms with Crippen LogP contribution < -0.4 is 9.46 Å². The number of methoxy groups -OCH3 is 1. The number of amides is 1. The van der Waals surface area contributed by atoms with E-state index in [1.165, 1.54) is 7.11 Å². The van der Waals surface area contributed by atoms with E-state index in [1.54, 1.807) is 23.1 Å². The summed E-state index contributed by atoms with van der Waals surface area (Å²) in [5, 5.41) is 0. The summed E-state index contributed by atoms with van der Waals surface area (Å²) in [4.78, 5) is 15.1. The van der Waals surface area contributed by atoms with E-state index in [1.807, 2.05) is 37.3 Å². The lowest BCUT2D eigenvalue weighted by Crippen LogP contribution is -2.51. The Hall–Kier alpha value is -2.38. The first-order valence-corrected chi connectivity index (χ1v) is 11.8. The summed E-state index contributed by atoms with van der Waals surface area (Å²) in [5.41, 5.74) is 1.70. The minimum absolute atomic E-state index is 0.0446. The quantitative estimate of drug-likeness (QED) is 0.732. The summed E-state index contributed by atoms with van der Waals surface area (Å²) in [6.45, 7) is 5.30. The number of nitrogens with one attached hydrogen (secondary N) is 1. The van der Waals surface area contributed by atoms with Crippen LogP contribution in [0.5, 0.6) is 5.75 Å². The highest BCUT2D eigenvalue weighted by atomic mass is 32.2. The summed E-state index contributed by atoms with van der Waals surface area (Å²) in [5.74, 6) is 0.654. The van der Waals surface area contributed by atoms with Gasteiger partial charge in [0.1, 0.15) is 16.7 Å². The molecule has 0 spiro atoms. The van der Waals surface area contributed by atoms with Gasteiger partial charge in [-0.15, -0.1) is 0 Å². The first-order valence-electron chi connectivity index (χ1n) is 10.3. The Morgan fingerprint density at radius 3 is 2.47 bits per heavy atom. The van der Waals surface area contributed by atoms with Crippen LogP contribution in [-0.2, 0) is 21.2 Å². The van der Waals surface area contributed by atoms with Gasteiger partial charge in [-0.2, -0.15) is 4.72 Å². The van der Waals surface area contributed by atoms with Crippen LogP contribution in [0.3, 0.4) is 0 Å². The van der Waals surface area contributed by atoms with E-state index in [4.69, 9.17) is 4.74 Å². The maximum Gasteiger partial charge on any atom is 0.244 e. The minimum Gasteiger partial charge on any atom is -0.495 e. The number of carbonyl (C=O) groups is 1. The summed E-state index contributed by atoms with van der Waals surface area (Å²) in [6.07, 6.45) is 2.16. The number of hydrogen-bond donors (Lipinski definition) is 1. The average molecular weight is 431 g/mol. The molecule has 0 bridgehead atoms. The molecule has 0 aliphatic carbocycles. The predicted octanol–water partition coefficient (Wildman–Crippen LogP) is 3.15. The van der Waals surface area contributed by atoms with Crippen molar-refractivity contribution in [1.82, 2.24) is 9.62 Å². The number of rotatable bonds is 7. The van der Waals surface area contributed by atoms with Crippen LogP contribution in [0.1, 0.15) is 30.9 Å². The summed E-state index contributed by atoms with van der Waals surface area (Å²) in [6, 6.07) is 13.6.